The van der Waals surface area contributed by atoms with Gasteiger partial charge in [0.05, 0.1) is 18.8 Å². The number of aromatic nitrogens is 1. The Morgan fingerprint density at radius 3 is 2.67 bits per heavy atom. The summed E-state index contributed by atoms with van der Waals surface area (Å²) in [5.41, 5.74) is 0.810. The number of carbonyl (C=O) groups is 1. The topological polar surface area (TPSA) is 63.2 Å². The number of benzene rings is 1. The molecule has 0 aliphatic heterocycles. The van der Waals surface area contributed by atoms with Gasteiger partial charge in [-0.15, -0.1) is 0 Å². The second-order valence-electron chi connectivity index (χ2n) is 4.23. The smallest absolute Gasteiger partial charge is 0.315 e. The number of nitrogens with zero attached hydrogens (tertiary/aromatic N) is 1. The van der Waals surface area contributed by atoms with Gasteiger partial charge in [-0.1, -0.05) is 17.7 Å². The average molecular weight is 306 g/mol. The molecule has 21 heavy (non-hydrogen) atoms. The van der Waals surface area contributed by atoms with Crippen molar-refractivity contribution in [3.63, 3.8) is 0 Å². The van der Waals surface area contributed by atoms with Crippen molar-refractivity contribution in [1.29, 1.82) is 0 Å². The Bertz CT molecular complexity index is 561. The van der Waals surface area contributed by atoms with Crippen molar-refractivity contribution in [2.24, 2.45) is 0 Å². The molecule has 0 saturated carbocycles. The number of urea groups is 1. The molecule has 2 N–H and O–H groups in total. The van der Waals surface area contributed by atoms with Crippen LogP contribution in [-0.2, 0) is 6.54 Å². The zero-order valence-corrected chi connectivity index (χ0v) is 12.1. The van der Waals surface area contributed by atoms with Crippen LogP contribution in [0.15, 0.2) is 48.7 Å². The van der Waals surface area contributed by atoms with Crippen LogP contribution in [0.3, 0.4) is 0 Å². The lowest BCUT2D eigenvalue weighted by atomic mass is 10.3. The van der Waals surface area contributed by atoms with Crippen molar-refractivity contribution in [3.8, 4) is 5.75 Å². The molecule has 5 nitrogen and oxygen atoms in total. The van der Waals surface area contributed by atoms with E-state index in [4.69, 9.17) is 16.3 Å². The molecule has 0 fully saturated rings. The Morgan fingerprint density at radius 2 is 1.95 bits per heavy atom. The minimum Gasteiger partial charge on any atom is -0.492 e. The van der Waals surface area contributed by atoms with E-state index in [1.54, 1.807) is 30.5 Å². The maximum atomic E-state index is 11.5. The molecular formula is C15H16ClN3O2. The third kappa shape index (κ3) is 5.71. The molecule has 0 bridgehead atoms. The monoisotopic (exact) mass is 305 g/mol. The van der Waals surface area contributed by atoms with Crippen LogP contribution in [0.1, 0.15) is 5.69 Å². The summed E-state index contributed by atoms with van der Waals surface area (Å²) in [5, 5.41) is 6.09. The third-order valence-electron chi connectivity index (χ3n) is 2.63. The molecule has 2 aromatic rings. The number of hydrogen-bond acceptors (Lipinski definition) is 3. The van der Waals surface area contributed by atoms with Crippen LogP contribution in [-0.4, -0.2) is 24.2 Å². The highest BCUT2D eigenvalue weighted by molar-refractivity contribution is 6.30. The maximum Gasteiger partial charge on any atom is 0.315 e. The molecular weight excluding hydrogens is 290 g/mol. The van der Waals surface area contributed by atoms with E-state index in [0.29, 0.717) is 24.7 Å². The summed E-state index contributed by atoms with van der Waals surface area (Å²) in [5.74, 6) is 0.718. The van der Waals surface area contributed by atoms with E-state index in [2.05, 4.69) is 15.6 Å². The Balaban J connectivity index is 1.60. The van der Waals surface area contributed by atoms with Crippen LogP contribution in [0.2, 0.25) is 5.02 Å². The fraction of sp³-hybridized carbons (Fsp3) is 0.200. The second kappa shape index (κ2) is 8.11. The molecule has 0 aliphatic carbocycles. The van der Waals surface area contributed by atoms with Crippen molar-refractivity contribution < 1.29 is 9.53 Å². The van der Waals surface area contributed by atoms with E-state index in [-0.39, 0.29) is 6.03 Å². The number of ether oxygens (including phenoxy) is 1. The first kappa shape index (κ1) is 15.1. The van der Waals surface area contributed by atoms with Crippen LogP contribution in [0.5, 0.6) is 5.75 Å². The predicted octanol–water partition coefficient (Wildman–Crippen LogP) is 2.61. The third-order valence-corrected chi connectivity index (χ3v) is 2.88. The quantitative estimate of drug-likeness (QED) is 0.806. The summed E-state index contributed by atoms with van der Waals surface area (Å²) in [6, 6.07) is 12.4. The first-order chi connectivity index (χ1) is 10.2. The average Bonchev–Trinajstić information content (AvgIpc) is 2.52. The maximum absolute atomic E-state index is 11.5. The van der Waals surface area contributed by atoms with Gasteiger partial charge in [0.25, 0.3) is 0 Å². The summed E-state index contributed by atoms with van der Waals surface area (Å²) >= 11 is 5.77. The molecule has 110 valence electrons. The van der Waals surface area contributed by atoms with E-state index in [1.807, 2.05) is 18.2 Å². The number of amides is 2. The first-order valence-electron chi connectivity index (χ1n) is 6.54. The van der Waals surface area contributed by atoms with Gasteiger partial charge in [0, 0.05) is 11.2 Å². The largest absolute Gasteiger partial charge is 0.492 e. The standard InChI is InChI=1S/C15H16ClN3O2/c16-12-4-6-14(7-5-12)21-10-9-18-15(20)19-11-13-3-1-2-8-17-13/h1-8H,9-11H2,(H2,18,19,20). The molecule has 1 heterocycles. The zero-order valence-electron chi connectivity index (χ0n) is 11.4. The van der Waals surface area contributed by atoms with Gasteiger partial charge in [-0.2, -0.15) is 0 Å². The molecule has 0 radical (unpaired) electrons. The highest BCUT2D eigenvalue weighted by Crippen LogP contribution is 2.14. The Labute approximate surface area is 128 Å². The van der Waals surface area contributed by atoms with E-state index in [1.165, 1.54) is 0 Å². The van der Waals surface area contributed by atoms with Crippen molar-refractivity contribution in [2.75, 3.05) is 13.2 Å². The summed E-state index contributed by atoms with van der Waals surface area (Å²) < 4.78 is 5.46. The minimum atomic E-state index is -0.250. The Morgan fingerprint density at radius 1 is 1.14 bits per heavy atom. The summed E-state index contributed by atoms with van der Waals surface area (Å²) in [7, 11) is 0. The van der Waals surface area contributed by atoms with Crippen molar-refractivity contribution in [3.05, 3.63) is 59.4 Å². The van der Waals surface area contributed by atoms with Gasteiger partial charge in [0.1, 0.15) is 12.4 Å². The van der Waals surface area contributed by atoms with Crippen LogP contribution < -0.4 is 15.4 Å². The predicted molar refractivity (Wildman–Crippen MR) is 81.4 cm³/mol. The van der Waals surface area contributed by atoms with E-state index < -0.39 is 0 Å². The van der Waals surface area contributed by atoms with Gasteiger partial charge < -0.3 is 15.4 Å². The van der Waals surface area contributed by atoms with Gasteiger partial charge in [0.15, 0.2) is 0 Å². The molecule has 6 heteroatoms. The lowest BCUT2D eigenvalue weighted by molar-refractivity contribution is 0.236. The molecule has 2 amide bonds. The minimum absolute atomic E-state index is 0.250. The fourth-order valence-corrected chi connectivity index (χ4v) is 1.73. The van der Waals surface area contributed by atoms with Crippen molar-refractivity contribution in [1.82, 2.24) is 15.6 Å². The normalized spacial score (nSPS) is 9.95. The van der Waals surface area contributed by atoms with Gasteiger partial charge in [-0.25, -0.2) is 4.79 Å². The van der Waals surface area contributed by atoms with E-state index in [0.717, 1.165) is 11.4 Å². The molecule has 1 aromatic heterocycles. The molecule has 0 spiro atoms. The molecule has 0 unspecified atom stereocenters. The number of nitrogens with one attached hydrogen (secondary N) is 2. The fourth-order valence-electron chi connectivity index (χ4n) is 1.60. The SMILES string of the molecule is O=C(NCCOc1ccc(Cl)cc1)NCc1ccccn1. The number of pyridine rings is 1. The van der Waals surface area contributed by atoms with Crippen LogP contribution in [0.4, 0.5) is 4.79 Å². The first-order valence-corrected chi connectivity index (χ1v) is 6.92. The van der Waals surface area contributed by atoms with Crippen molar-refractivity contribution in [2.45, 2.75) is 6.54 Å². The number of halogens is 1. The van der Waals surface area contributed by atoms with Crippen LogP contribution in [0.25, 0.3) is 0 Å². The molecule has 2 rings (SSSR count). The summed E-state index contributed by atoms with van der Waals surface area (Å²) in [6.07, 6.45) is 1.69. The zero-order chi connectivity index (χ0) is 14.9. The van der Waals surface area contributed by atoms with E-state index >= 15 is 0 Å². The van der Waals surface area contributed by atoms with Crippen LogP contribution >= 0.6 is 11.6 Å². The van der Waals surface area contributed by atoms with Gasteiger partial charge in [-0.05, 0) is 36.4 Å². The van der Waals surface area contributed by atoms with Crippen LogP contribution in [0, 0.1) is 0 Å². The Kier molecular flexibility index (Phi) is 5.84. The number of carbonyl (C=O) groups excluding carboxylic acids is 1. The molecule has 0 atom stereocenters. The van der Waals surface area contributed by atoms with Gasteiger partial charge in [0.2, 0.25) is 0 Å². The number of rotatable bonds is 6. The van der Waals surface area contributed by atoms with Gasteiger partial charge >= 0.3 is 6.03 Å². The lowest BCUT2D eigenvalue weighted by Crippen LogP contribution is -2.37. The lowest BCUT2D eigenvalue weighted by Gasteiger charge is -2.09. The van der Waals surface area contributed by atoms with Gasteiger partial charge in [-0.3, -0.25) is 4.98 Å². The van der Waals surface area contributed by atoms with Crippen molar-refractivity contribution >= 4 is 17.6 Å². The molecule has 1 aromatic carbocycles. The highest BCUT2D eigenvalue weighted by Gasteiger charge is 2.00. The van der Waals surface area contributed by atoms with E-state index in [9.17, 15) is 4.79 Å². The second-order valence-corrected chi connectivity index (χ2v) is 4.67. The Hall–Kier alpha value is -2.27. The number of hydrogen-bond donors (Lipinski definition) is 2. The summed E-state index contributed by atoms with van der Waals surface area (Å²) in [6.45, 7) is 1.19. The highest BCUT2D eigenvalue weighted by atomic mass is 35.5. The molecule has 0 saturated heterocycles. The molecule has 0 aliphatic rings. The summed E-state index contributed by atoms with van der Waals surface area (Å²) in [4.78, 5) is 15.7.